The Morgan fingerprint density at radius 2 is 0.767 bits per heavy atom. The van der Waals surface area contributed by atoms with Crippen molar-refractivity contribution in [1.29, 1.82) is 0 Å². The second-order valence-electron chi connectivity index (χ2n) is 14.4. The maximum Gasteiger partial charge on any atom is 0.257 e. The van der Waals surface area contributed by atoms with Crippen LogP contribution in [0.1, 0.15) is 251 Å². The van der Waals surface area contributed by atoms with E-state index in [0.29, 0.717) is 12.0 Å². The normalized spacial score (nSPS) is 13.1. The van der Waals surface area contributed by atoms with Crippen LogP contribution in [0.25, 0.3) is 0 Å². The van der Waals surface area contributed by atoms with E-state index in [1.807, 2.05) is 0 Å². The third kappa shape index (κ3) is 23.2. The summed E-state index contributed by atoms with van der Waals surface area (Å²) in [4.78, 5) is 3.72. The lowest BCUT2D eigenvalue weighted by atomic mass is 9.92. The quantitative estimate of drug-likeness (QED) is 0.0599. The van der Waals surface area contributed by atoms with Crippen LogP contribution in [0.4, 0.5) is 0 Å². The van der Waals surface area contributed by atoms with Gasteiger partial charge in [0.1, 0.15) is 12.4 Å². The number of aromatic amines is 1. The van der Waals surface area contributed by atoms with Gasteiger partial charge in [-0.2, -0.15) is 0 Å². The Morgan fingerprint density at radius 3 is 1.12 bits per heavy atom. The third-order valence-electron chi connectivity index (χ3n) is 10.1. The van der Waals surface area contributed by atoms with Crippen molar-refractivity contribution in [3.63, 3.8) is 0 Å². The Kier molecular flexibility index (Phi) is 29.2. The van der Waals surface area contributed by atoms with E-state index >= 15 is 0 Å². The maximum absolute atomic E-state index is 3.72. The van der Waals surface area contributed by atoms with Crippen molar-refractivity contribution in [3.8, 4) is 0 Å². The van der Waals surface area contributed by atoms with Gasteiger partial charge in [0, 0.05) is 0 Å². The minimum Gasteiger partial charge on any atom is -0.247 e. The number of H-pyrrole nitrogens is 1. The van der Waals surface area contributed by atoms with Crippen LogP contribution in [0.3, 0.4) is 0 Å². The number of hydrogen-bond donors (Lipinski definition) is 1. The average molecular weight is 602 g/mol. The zero-order valence-electron chi connectivity index (χ0n) is 30.4. The molecule has 1 N–H and O–H groups in total. The van der Waals surface area contributed by atoms with Gasteiger partial charge in [-0.25, -0.2) is 9.55 Å². The van der Waals surface area contributed by atoms with Crippen LogP contribution in [0.15, 0.2) is 12.4 Å². The van der Waals surface area contributed by atoms with Gasteiger partial charge in [-0.1, -0.05) is 201 Å². The molecule has 0 bridgehead atoms. The van der Waals surface area contributed by atoms with Gasteiger partial charge in [-0.05, 0) is 32.6 Å². The first-order chi connectivity index (χ1) is 21.2. The minimum absolute atomic E-state index is 0.617. The molecule has 1 aromatic heterocycles. The van der Waals surface area contributed by atoms with Gasteiger partial charge < -0.3 is 0 Å². The number of hydrogen-bond acceptors (Lipinski definition) is 0. The van der Waals surface area contributed by atoms with Crippen molar-refractivity contribution in [2.45, 2.75) is 245 Å². The standard InChI is InChI=1S/C41H80N2/c1-5-8-11-13-15-17-19-20-21-22-23-25-27-29-31-33-36-40(41-42-37-38-43(41)39(4)34-10-7-3)35-32-30-28-26-24-18-16-14-12-9-6-2/h37-40H,5-36H2,1-4H3/p+1. The summed E-state index contributed by atoms with van der Waals surface area (Å²) in [5.74, 6) is 2.24. The summed E-state index contributed by atoms with van der Waals surface area (Å²) >= 11 is 0. The smallest absolute Gasteiger partial charge is 0.247 e. The lowest BCUT2D eigenvalue weighted by molar-refractivity contribution is -0.727. The van der Waals surface area contributed by atoms with Crippen molar-refractivity contribution < 1.29 is 4.57 Å². The Balaban J connectivity index is 2.25. The minimum atomic E-state index is 0.617. The maximum atomic E-state index is 3.72. The molecule has 0 fully saturated rings. The van der Waals surface area contributed by atoms with Crippen LogP contribution in [0.5, 0.6) is 0 Å². The largest absolute Gasteiger partial charge is 0.257 e. The molecule has 0 saturated heterocycles. The number of aromatic nitrogens is 2. The van der Waals surface area contributed by atoms with Crippen LogP contribution >= 0.6 is 0 Å². The predicted molar refractivity (Wildman–Crippen MR) is 193 cm³/mol. The molecule has 1 rings (SSSR count). The average Bonchev–Trinajstić information content (AvgIpc) is 3.51. The zero-order valence-corrected chi connectivity index (χ0v) is 30.4. The van der Waals surface area contributed by atoms with Gasteiger partial charge >= 0.3 is 0 Å². The highest BCUT2D eigenvalue weighted by Crippen LogP contribution is 2.27. The van der Waals surface area contributed by atoms with E-state index in [-0.39, 0.29) is 0 Å². The second-order valence-corrected chi connectivity index (χ2v) is 14.4. The van der Waals surface area contributed by atoms with E-state index in [2.05, 4.69) is 49.6 Å². The fourth-order valence-electron chi connectivity index (χ4n) is 7.12. The molecule has 0 aromatic carbocycles. The van der Waals surface area contributed by atoms with Gasteiger partial charge in [0.15, 0.2) is 0 Å². The number of unbranched alkanes of at least 4 members (excludes halogenated alkanes) is 26. The zero-order chi connectivity index (χ0) is 31.1. The Bertz CT molecular complexity index is 664. The summed E-state index contributed by atoms with van der Waals surface area (Å²) < 4.78 is 2.60. The molecule has 1 heterocycles. The molecule has 0 spiro atoms. The van der Waals surface area contributed by atoms with Crippen molar-refractivity contribution in [1.82, 2.24) is 4.98 Å². The molecule has 0 aliphatic rings. The molecule has 2 nitrogen and oxygen atoms in total. The monoisotopic (exact) mass is 602 g/mol. The summed E-state index contributed by atoms with van der Waals surface area (Å²) in [6.45, 7) is 9.38. The Hall–Kier alpha value is -0.790. The highest BCUT2D eigenvalue weighted by atomic mass is 15.1. The molecule has 2 atom stereocenters. The number of nitrogens with zero attached hydrogens (tertiary/aromatic N) is 1. The predicted octanol–water partition coefficient (Wildman–Crippen LogP) is 14.5. The van der Waals surface area contributed by atoms with E-state index < -0.39 is 0 Å². The molecule has 2 unspecified atom stereocenters. The topological polar surface area (TPSA) is 19.7 Å². The van der Waals surface area contributed by atoms with Gasteiger partial charge in [-0.3, -0.25) is 0 Å². The number of imidazole rings is 1. The molecule has 1 aromatic rings. The molecule has 0 aliphatic heterocycles. The third-order valence-corrected chi connectivity index (χ3v) is 10.1. The Labute approximate surface area is 272 Å². The fraction of sp³-hybridized carbons (Fsp3) is 0.927. The molecule has 43 heavy (non-hydrogen) atoms. The molecule has 0 aliphatic carbocycles. The van der Waals surface area contributed by atoms with Gasteiger partial charge in [-0.15, -0.1) is 0 Å². The first kappa shape index (κ1) is 40.2. The summed E-state index contributed by atoms with van der Waals surface area (Å²) in [5, 5.41) is 0. The van der Waals surface area contributed by atoms with Crippen LogP contribution in [-0.2, 0) is 0 Å². The molecular formula is C41H81N2+. The van der Waals surface area contributed by atoms with Crippen molar-refractivity contribution in [2.75, 3.05) is 0 Å². The first-order valence-corrected chi connectivity index (χ1v) is 20.3. The molecule has 2 heteroatoms. The summed E-state index contributed by atoms with van der Waals surface area (Å²) in [5.41, 5.74) is 0. The second kappa shape index (κ2) is 31.2. The highest BCUT2D eigenvalue weighted by molar-refractivity contribution is 4.90. The van der Waals surface area contributed by atoms with E-state index in [1.54, 1.807) is 0 Å². The van der Waals surface area contributed by atoms with Crippen LogP contribution in [0, 0.1) is 0 Å². The number of rotatable bonds is 34. The summed E-state index contributed by atoms with van der Waals surface area (Å²) in [6.07, 6.45) is 50.3. The van der Waals surface area contributed by atoms with E-state index in [9.17, 15) is 0 Å². The molecule has 0 radical (unpaired) electrons. The molecule has 0 saturated carbocycles. The van der Waals surface area contributed by atoms with E-state index in [1.165, 1.54) is 211 Å². The first-order valence-electron chi connectivity index (χ1n) is 20.3. The van der Waals surface area contributed by atoms with Crippen LogP contribution in [-0.4, -0.2) is 4.98 Å². The molecule has 0 amide bonds. The summed E-state index contributed by atoms with van der Waals surface area (Å²) in [6, 6.07) is 0.617. The van der Waals surface area contributed by atoms with Crippen molar-refractivity contribution >= 4 is 0 Å². The SMILES string of the molecule is CCCCCCCCCCCCCCCCCCC(CCCCCCCCCCCCC)c1[nH]cc[n+]1C(C)CCCC. The highest BCUT2D eigenvalue weighted by Gasteiger charge is 2.25. The van der Waals surface area contributed by atoms with Gasteiger partial charge in [0.25, 0.3) is 5.82 Å². The lowest BCUT2D eigenvalue weighted by Gasteiger charge is -2.17. The molecule has 254 valence electrons. The number of nitrogens with one attached hydrogen (secondary N) is 1. The van der Waals surface area contributed by atoms with Crippen LogP contribution < -0.4 is 4.57 Å². The van der Waals surface area contributed by atoms with Crippen LogP contribution in [0.2, 0.25) is 0 Å². The van der Waals surface area contributed by atoms with E-state index in [4.69, 9.17) is 0 Å². The van der Waals surface area contributed by atoms with Crippen molar-refractivity contribution in [2.24, 2.45) is 0 Å². The Morgan fingerprint density at radius 1 is 0.442 bits per heavy atom. The van der Waals surface area contributed by atoms with Gasteiger partial charge in [0.2, 0.25) is 0 Å². The lowest BCUT2D eigenvalue weighted by Crippen LogP contribution is -2.41. The fourth-order valence-corrected chi connectivity index (χ4v) is 7.12. The van der Waals surface area contributed by atoms with E-state index in [0.717, 1.165) is 0 Å². The van der Waals surface area contributed by atoms with Crippen molar-refractivity contribution in [3.05, 3.63) is 18.2 Å². The van der Waals surface area contributed by atoms with Gasteiger partial charge in [0.05, 0.1) is 12.0 Å². The molecular weight excluding hydrogens is 520 g/mol. The summed E-state index contributed by atoms with van der Waals surface area (Å²) in [7, 11) is 0.